The summed E-state index contributed by atoms with van der Waals surface area (Å²) in [5, 5.41) is 3.86. The van der Waals surface area contributed by atoms with Crippen molar-refractivity contribution >= 4 is 0 Å². The van der Waals surface area contributed by atoms with Crippen LogP contribution in [0.2, 0.25) is 0 Å². The summed E-state index contributed by atoms with van der Waals surface area (Å²) in [5.74, 6) is 0.837. The van der Waals surface area contributed by atoms with Gasteiger partial charge in [0.25, 0.3) is 0 Å². The number of rotatable bonds is 2. The molecule has 0 fully saturated rings. The number of aryl methyl sites for hydroxylation is 2. The molecule has 0 spiro atoms. The maximum atomic E-state index is 5.18. The van der Waals surface area contributed by atoms with Gasteiger partial charge in [-0.3, -0.25) is 0 Å². The van der Waals surface area contributed by atoms with Crippen LogP contribution in [0, 0.1) is 6.92 Å². The first-order chi connectivity index (χ1) is 6.31. The van der Waals surface area contributed by atoms with E-state index in [1.54, 1.807) is 0 Å². The lowest BCUT2D eigenvalue weighted by Crippen LogP contribution is -1.93. The minimum atomic E-state index is 0.837. The Kier molecular flexibility index (Phi) is 1.93. The van der Waals surface area contributed by atoms with Crippen molar-refractivity contribution in [1.29, 1.82) is 0 Å². The summed E-state index contributed by atoms with van der Waals surface area (Å²) in [6, 6.07) is 5.99. The van der Waals surface area contributed by atoms with Gasteiger partial charge < -0.3 is 9.09 Å². The Morgan fingerprint density at radius 1 is 1.54 bits per heavy atom. The Balaban J connectivity index is 2.45. The highest BCUT2D eigenvalue weighted by Gasteiger charge is 2.07. The van der Waals surface area contributed by atoms with E-state index in [0.29, 0.717) is 0 Å². The molecule has 2 aromatic heterocycles. The third-order valence-electron chi connectivity index (χ3n) is 2.05. The topological polar surface area (TPSA) is 31.0 Å². The summed E-state index contributed by atoms with van der Waals surface area (Å²) in [7, 11) is 0. The van der Waals surface area contributed by atoms with Crippen LogP contribution in [-0.2, 0) is 6.54 Å². The molecule has 0 saturated heterocycles. The van der Waals surface area contributed by atoms with E-state index in [-0.39, 0.29) is 0 Å². The molecule has 0 amide bonds. The lowest BCUT2D eigenvalue weighted by Gasteiger charge is -2.00. The van der Waals surface area contributed by atoms with Crippen LogP contribution in [0.5, 0.6) is 0 Å². The van der Waals surface area contributed by atoms with E-state index in [4.69, 9.17) is 4.52 Å². The highest BCUT2D eigenvalue weighted by Crippen LogP contribution is 2.20. The minimum absolute atomic E-state index is 0.837. The molecule has 0 radical (unpaired) electrons. The second-order valence-corrected chi connectivity index (χ2v) is 3.01. The summed E-state index contributed by atoms with van der Waals surface area (Å²) in [5.41, 5.74) is 2.00. The van der Waals surface area contributed by atoms with E-state index in [2.05, 4.69) is 16.6 Å². The molecule has 0 atom stereocenters. The maximum Gasteiger partial charge on any atom is 0.183 e. The molecule has 0 unspecified atom stereocenters. The van der Waals surface area contributed by atoms with Gasteiger partial charge in [0, 0.05) is 18.8 Å². The molecule has 0 saturated carbocycles. The molecule has 0 N–H and O–H groups in total. The molecule has 0 bridgehead atoms. The fourth-order valence-electron chi connectivity index (χ4n) is 1.40. The average Bonchev–Trinajstić information content (AvgIpc) is 2.71. The van der Waals surface area contributed by atoms with Crippen LogP contribution in [0.1, 0.15) is 12.6 Å². The second-order valence-electron chi connectivity index (χ2n) is 3.01. The molecule has 0 aliphatic heterocycles. The molecule has 3 nitrogen and oxygen atoms in total. The van der Waals surface area contributed by atoms with Crippen molar-refractivity contribution in [3.05, 3.63) is 30.1 Å². The van der Waals surface area contributed by atoms with Gasteiger partial charge in [-0.15, -0.1) is 0 Å². The van der Waals surface area contributed by atoms with Crippen LogP contribution in [0.15, 0.2) is 28.9 Å². The van der Waals surface area contributed by atoms with E-state index in [1.165, 1.54) is 0 Å². The molecule has 3 heteroatoms. The molecular formula is C10H12N2O. The van der Waals surface area contributed by atoms with Crippen LogP contribution >= 0.6 is 0 Å². The standard InChI is InChI=1S/C10H12N2O/c1-3-12-6-4-5-9(12)10-7-8(2)11-13-10/h4-7H,3H2,1-2H3. The highest BCUT2D eigenvalue weighted by atomic mass is 16.5. The summed E-state index contributed by atoms with van der Waals surface area (Å²) >= 11 is 0. The van der Waals surface area contributed by atoms with Crippen LogP contribution in [0.4, 0.5) is 0 Å². The van der Waals surface area contributed by atoms with Gasteiger partial charge >= 0.3 is 0 Å². The third-order valence-corrected chi connectivity index (χ3v) is 2.05. The van der Waals surface area contributed by atoms with Crippen molar-refractivity contribution in [3.63, 3.8) is 0 Å². The van der Waals surface area contributed by atoms with Crippen molar-refractivity contribution in [3.8, 4) is 11.5 Å². The van der Waals surface area contributed by atoms with E-state index in [1.807, 2.05) is 31.3 Å². The number of hydrogen-bond acceptors (Lipinski definition) is 2. The van der Waals surface area contributed by atoms with Crippen molar-refractivity contribution in [2.75, 3.05) is 0 Å². The number of aromatic nitrogens is 2. The molecule has 13 heavy (non-hydrogen) atoms. The zero-order valence-corrected chi connectivity index (χ0v) is 7.82. The third kappa shape index (κ3) is 1.37. The first-order valence-electron chi connectivity index (χ1n) is 4.40. The first-order valence-corrected chi connectivity index (χ1v) is 4.40. The summed E-state index contributed by atoms with van der Waals surface area (Å²) in [6.07, 6.45) is 2.03. The maximum absolute atomic E-state index is 5.18. The van der Waals surface area contributed by atoms with Gasteiger partial charge in [-0.1, -0.05) is 5.16 Å². The fourth-order valence-corrected chi connectivity index (χ4v) is 1.40. The van der Waals surface area contributed by atoms with Gasteiger partial charge in [0.05, 0.1) is 11.4 Å². The van der Waals surface area contributed by atoms with Gasteiger partial charge in [-0.2, -0.15) is 0 Å². The van der Waals surface area contributed by atoms with Crippen LogP contribution in [0.3, 0.4) is 0 Å². The van der Waals surface area contributed by atoms with Crippen LogP contribution in [-0.4, -0.2) is 9.72 Å². The lowest BCUT2D eigenvalue weighted by molar-refractivity contribution is 0.424. The van der Waals surface area contributed by atoms with Gasteiger partial charge in [0.2, 0.25) is 0 Å². The van der Waals surface area contributed by atoms with Gasteiger partial charge in [-0.05, 0) is 26.0 Å². The van der Waals surface area contributed by atoms with Crippen molar-refractivity contribution < 1.29 is 4.52 Å². The molecule has 68 valence electrons. The molecule has 0 aromatic carbocycles. The Morgan fingerprint density at radius 3 is 3.00 bits per heavy atom. The Bertz CT molecular complexity index is 400. The summed E-state index contributed by atoms with van der Waals surface area (Å²) in [6.45, 7) is 4.97. The van der Waals surface area contributed by atoms with Crippen molar-refractivity contribution in [1.82, 2.24) is 9.72 Å². The van der Waals surface area contributed by atoms with Crippen molar-refractivity contribution in [2.24, 2.45) is 0 Å². The molecule has 2 aromatic rings. The van der Waals surface area contributed by atoms with Crippen LogP contribution < -0.4 is 0 Å². The monoisotopic (exact) mass is 176 g/mol. The van der Waals surface area contributed by atoms with E-state index in [0.717, 1.165) is 23.7 Å². The predicted molar refractivity (Wildman–Crippen MR) is 50.3 cm³/mol. The second kappa shape index (κ2) is 3.09. The molecular weight excluding hydrogens is 164 g/mol. The van der Waals surface area contributed by atoms with Crippen molar-refractivity contribution in [2.45, 2.75) is 20.4 Å². The number of hydrogen-bond donors (Lipinski definition) is 0. The largest absolute Gasteiger partial charge is 0.354 e. The zero-order chi connectivity index (χ0) is 9.26. The Labute approximate surface area is 77.0 Å². The van der Waals surface area contributed by atoms with E-state index >= 15 is 0 Å². The first kappa shape index (κ1) is 8.10. The summed E-state index contributed by atoms with van der Waals surface area (Å²) < 4.78 is 7.31. The van der Waals surface area contributed by atoms with Gasteiger partial charge in [0.1, 0.15) is 0 Å². The highest BCUT2D eigenvalue weighted by molar-refractivity contribution is 5.53. The average molecular weight is 176 g/mol. The fraction of sp³-hybridized carbons (Fsp3) is 0.300. The molecule has 0 aliphatic carbocycles. The lowest BCUT2D eigenvalue weighted by atomic mass is 10.3. The van der Waals surface area contributed by atoms with E-state index < -0.39 is 0 Å². The predicted octanol–water partition coefficient (Wildman–Crippen LogP) is 2.47. The van der Waals surface area contributed by atoms with Gasteiger partial charge in [-0.25, -0.2) is 0 Å². The molecule has 2 rings (SSSR count). The SMILES string of the molecule is CCn1cccc1-c1cc(C)no1. The van der Waals surface area contributed by atoms with Gasteiger partial charge in [0.15, 0.2) is 5.76 Å². The zero-order valence-electron chi connectivity index (χ0n) is 7.82. The number of nitrogens with zero attached hydrogens (tertiary/aromatic N) is 2. The molecule has 2 heterocycles. The minimum Gasteiger partial charge on any atom is -0.354 e. The Hall–Kier alpha value is -1.51. The summed E-state index contributed by atoms with van der Waals surface area (Å²) in [4.78, 5) is 0. The van der Waals surface area contributed by atoms with E-state index in [9.17, 15) is 0 Å². The van der Waals surface area contributed by atoms with Crippen LogP contribution in [0.25, 0.3) is 11.5 Å². The quantitative estimate of drug-likeness (QED) is 0.703. The smallest absolute Gasteiger partial charge is 0.183 e. The molecule has 0 aliphatic rings. The normalized spacial score (nSPS) is 10.6. The Morgan fingerprint density at radius 2 is 2.38 bits per heavy atom.